The average Bonchev–Trinajstić information content (AvgIpc) is 2.79. The van der Waals surface area contributed by atoms with Gasteiger partial charge in [-0.1, -0.05) is 33.6 Å². The Hall–Kier alpha value is -1.04. The molecule has 2 aromatic heterocycles. The second kappa shape index (κ2) is 5.76. The molecular weight excluding hydrogens is 407 g/mol. The second-order valence-electron chi connectivity index (χ2n) is 4.10. The van der Waals surface area contributed by atoms with Gasteiger partial charge in [-0.15, -0.1) is 0 Å². The van der Waals surface area contributed by atoms with Gasteiger partial charge in [0, 0.05) is 16.5 Å². The molecule has 0 N–H and O–H groups in total. The fourth-order valence-electron chi connectivity index (χ4n) is 1.89. The highest BCUT2D eigenvalue weighted by molar-refractivity contribution is 9.10. The summed E-state index contributed by atoms with van der Waals surface area (Å²) in [6.07, 6.45) is 1.96. The van der Waals surface area contributed by atoms with Crippen LogP contribution in [0.4, 0.5) is 0 Å². The van der Waals surface area contributed by atoms with Crippen molar-refractivity contribution in [2.24, 2.45) is 0 Å². The van der Waals surface area contributed by atoms with Crippen molar-refractivity contribution in [2.75, 3.05) is 0 Å². The van der Waals surface area contributed by atoms with Gasteiger partial charge in [-0.25, -0.2) is 0 Å². The third-order valence-corrected chi connectivity index (χ3v) is 4.21. The molecular formula is C14H9Br2ClN2O. The van der Waals surface area contributed by atoms with Gasteiger partial charge in [-0.3, -0.25) is 4.40 Å². The molecule has 6 heteroatoms. The maximum absolute atomic E-state index is 5.93. The Morgan fingerprint density at radius 1 is 1.25 bits per heavy atom. The van der Waals surface area contributed by atoms with Crippen molar-refractivity contribution in [3.8, 4) is 11.6 Å². The topological polar surface area (TPSA) is 26.5 Å². The number of pyridine rings is 1. The molecule has 0 saturated carbocycles. The fourth-order valence-corrected chi connectivity index (χ4v) is 3.16. The summed E-state index contributed by atoms with van der Waals surface area (Å²) in [5.74, 6) is 1.26. The first-order valence-corrected chi connectivity index (χ1v) is 8.13. The van der Waals surface area contributed by atoms with Gasteiger partial charge < -0.3 is 4.74 Å². The summed E-state index contributed by atoms with van der Waals surface area (Å²) < 4.78 is 8.69. The van der Waals surface area contributed by atoms with Crippen molar-refractivity contribution in [3.63, 3.8) is 0 Å². The number of imidazole rings is 1. The number of ether oxygens (including phenoxy) is 1. The van der Waals surface area contributed by atoms with Crippen LogP contribution in [0.1, 0.15) is 5.69 Å². The van der Waals surface area contributed by atoms with Crippen molar-refractivity contribution in [1.29, 1.82) is 0 Å². The third-order valence-electron chi connectivity index (χ3n) is 2.82. The highest BCUT2D eigenvalue weighted by atomic mass is 79.9. The quantitative estimate of drug-likeness (QED) is 0.532. The van der Waals surface area contributed by atoms with Gasteiger partial charge in [0.15, 0.2) is 0 Å². The molecule has 0 radical (unpaired) electrons. The minimum Gasteiger partial charge on any atom is -0.436 e. The summed E-state index contributed by atoms with van der Waals surface area (Å²) >= 11 is 12.8. The van der Waals surface area contributed by atoms with E-state index in [-0.39, 0.29) is 0 Å². The van der Waals surface area contributed by atoms with E-state index in [9.17, 15) is 0 Å². The smallest absolute Gasteiger partial charge is 0.242 e. The minimum atomic E-state index is 0.580. The molecule has 0 spiro atoms. The fraction of sp³-hybridized carbons (Fsp3) is 0.0714. The van der Waals surface area contributed by atoms with Crippen LogP contribution in [0.5, 0.6) is 11.6 Å². The molecule has 20 heavy (non-hydrogen) atoms. The van der Waals surface area contributed by atoms with Gasteiger partial charge in [-0.05, 0) is 46.3 Å². The van der Waals surface area contributed by atoms with Crippen molar-refractivity contribution >= 4 is 49.1 Å². The molecule has 3 nitrogen and oxygen atoms in total. The van der Waals surface area contributed by atoms with E-state index in [4.69, 9.17) is 16.3 Å². The van der Waals surface area contributed by atoms with Crippen molar-refractivity contribution in [3.05, 3.63) is 57.8 Å². The Morgan fingerprint density at radius 2 is 2.10 bits per heavy atom. The summed E-state index contributed by atoms with van der Waals surface area (Å²) in [4.78, 5) is 4.50. The van der Waals surface area contributed by atoms with Gasteiger partial charge in [-0.2, -0.15) is 4.98 Å². The SMILES string of the molecule is Clc1ccc(Oc2nc3ccccn3c2CBr)c(Br)c1. The van der Waals surface area contributed by atoms with E-state index < -0.39 is 0 Å². The Morgan fingerprint density at radius 3 is 2.85 bits per heavy atom. The predicted molar refractivity (Wildman–Crippen MR) is 87.0 cm³/mol. The lowest BCUT2D eigenvalue weighted by Gasteiger charge is -2.06. The van der Waals surface area contributed by atoms with E-state index in [2.05, 4.69) is 36.8 Å². The maximum Gasteiger partial charge on any atom is 0.242 e. The van der Waals surface area contributed by atoms with Gasteiger partial charge in [0.1, 0.15) is 11.4 Å². The van der Waals surface area contributed by atoms with Gasteiger partial charge in [0.05, 0.1) is 10.2 Å². The Balaban J connectivity index is 2.06. The van der Waals surface area contributed by atoms with Crippen molar-refractivity contribution < 1.29 is 4.74 Å². The van der Waals surface area contributed by atoms with Crippen LogP contribution in [0.2, 0.25) is 5.02 Å². The van der Waals surface area contributed by atoms with E-state index in [1.807, 2.05) is 34.9 Å². The number of nitrogens with zero attached hydrogens (tertiary/aromatic N) is 2. The van der Waals surface area contributed by atoms with Crippen molar-refractivity contribution in [2.45, 2.75) is 5.33 Å². The zero-order chi connectivity index (χ0) is 14.1. The number of aromatic nitrogens is 2. The summed E-state index contributed by atoms with van der Waals surface area (Å²) in [5, 5.41) is 1.30. The Kier molecular flexibility index (Phi) is 4.01. The third kappa shape index (κ3) is 2.57. The molecule has 0 aliphatic heterocycles. The molecule has 0 unspecified atom stereocenters. The normalized spacial score (nSPS) is 10.9. The molecule has 2 heterocycles. The highest BCUT2D eigenvalue weighted by Crippen LogP contribution is 2.33. The molecule has 0 bridgehead atoms. The summed E-state index contributed by atoms with van der Waals surface area (Å²) in [6, 6.07) is 11.2. The van der Waals surface area contributed by atoms with Crippen LogP contribution in [0, 0.1) is 0 Å². The number of alkyl halides is 1. The van der Waals surface area contributed by atoms with Crippen LogP contribution in [-0.4, -0.2) is 9.38 Å². The summed E-state index contributed by atoms with van der Waals surface area (Å²) in [5.41, 5.74) is 1.81. The van der Waals surface area contributed by atoms with E-state index in [1.54, 1.807) is 12.1 Å². The zero-order valence-electron chi connectivity index (χ0n) is 10.2. The second-order valence-corrected chi connectivity index (χ2v) is 5.95. The molecule has 0 aliphatic rings. The van der Waals surface area contributed by atoms with Gasteiger partial charge >= 0.3 is 0 Å². The van der Waals surface area contributed by atoms with E-state index in [0.29, 0.717) is 22.0 Å². The lowest BCUT2D eigenvalue weighted by molar-refractivity contribution is 0.459. The lowest BCUT2D eigenvalue weighted by Crippen LogP contribution is -1.92. The molecule has 3 rings (SSSR count). The molecule has 102 valence electrons. The number of halogens is 3. The standard InChI is InChI=1S/C14H9Br2ClN2O/c15-8-11-14(18-13-3-1-2-6-19(11)13)20-12-5-4-9(17)7-10(12)16/h1-7H,8H2. The number of benzene rings is 1. The average molecular weight is 417 g/mol. The van der Waals surface area contributed by atoms with Crippen molar-refractivity contribution in [1.82, 2.24) is 9.38 Å². The summed E-state index contributed by atoms with van der Waals surface area (Å²) in [7, 11) is 0. The Labute approximate surface area is 137 Å². The summed E-state index contributed by atoms with van der Waals surface area (Å²) in [6.45, 7) is 0. The molecule has 0 amide bonds. The van der Waals surface area contributed by atoms with Crippen LogP contribution >= 0.6 is 43.5 Å². The van der Waals surface area contributed by atoms with Crippen LogP contribution in [-0.2, 0) is 5.33 Å². The van der Waals surface area contributed by atoms with Crippen LogP contribution in [0.25, 0.3) is 5.65 Å². The van der Waals surface area contributed by atoms with Crippen LogP contribution in [0.15, 0.2) is 47.1 Å². The molecule has 3 aromatic rings. The largest absolute Gasteiger partial charge is 0.436 e. The molecule has 0 aliphatic carbocycles. The molecule has 1 aromatic carbocycles. The first-order valence-electron chi connectivity index (χ1n) is 5.84. The number of fused-ring (bicyclic) bond motifs is 1. The number of hydrogen-bond acceptors (Lipinski definition) is 2. The van der Waals surface area contributed by atoms with Gasteiger partial charge in [0.2, 0.25) is 5.88 Å². The molecule has 0 saturated heterocycles. The van der Waals surface area contributed by atoms with E-state index in [0.717, 1.165) is 15.8 Å². The Bertz CT molecular complexity index is 773. The maximum atomic E-state index is 5.93. The number of rotatable bonds is 3. The first kappa shape index (κ1) is 13.9. The zero-order valence-corrected chi connectivity index (χ0v) is 14.1. The van der Waals surface area contributed by atoms with Crippen LogP contribution < -0.4 is 4.74 Å². The molecule has 0 atom stereocenters. The highest BCUT2D eigenvalue weighted by Gasteiger charge is 2.14. The van der Waals surface area contributed by atoms with Gasteiger partial charge in [0.25, 0.3) is 0 Å². The lowest BCUT2D eigenvalue weighted by atomic mass is 10.3. The monoisotopic (exact) mass is 414 g/mol. The first-order chi connectivity index (χ1) is 9.69. The number of hydrogen-bond donors (Lipinski definition) is 0. The van der Waals surface area contributed by atoms with Crippen LogP contribution in [0.3, 0.4) is 0 Å². The van der Waals surface area contributed by atoms with E-state index in [1.165, 1.54) is 0 Å². The molecule has 0 fully saturated rings. The minimum absolute atomic E-state index is 0.580. The van der Waals surface area contributed by atoms with E-state index >= 15 is 0 Å². The predicted octanol–water partition coefficient (Wildman–Crippen LogP) is 5.44.